The maximum Gasteiger partial charge on any atom is 0.0293 e. The van der Waals surface area contributed by atoms with Crippen LogP contribution in [0.15, 0.2) is 0 Å². The van der Waals surface area contributed by atoms with Gasteiger partial charge in [-0.25, -0.2) is 0 Å². The monoisotopic (exact) mass is 245 g/mol. The third-order valence-corrected chi connectivity index (χ3v) is 5.30. The normalized spacial score (nSPS) is 24.2. The van der Waals surface area contributed by atoms with Crippen molar-refractivity contribution in [3.63, 3.8) is 0 Å². The van der Waals surface area contributed by atoms with Crippen LogP contribution in [0.1, 0.15) is 40.0 Å². The van der Waals surface area contributed by atoms with Crippen molar-refractivity contribution in [2.24, 2.45) is 5.41 Å². The quantitative estimate of drug-likeness (QED) is 0.711. The van der Waals surface area contributed by atoms with E-state index < -0.39 is 9.52 Å². The third kappa shape index (κ3) is 4.88. The molecule has 0 aliphatic carbocycles. The van der Waals surface area contributed by atoms with Crippen molar-refractivity contribution >= 4 is 15.4 Å². The maximum absolute atomic E-state index is 11.8. The van der Waals surface area contributed by atoms with E-state index in [9.17, 15) is 4.21 Å². The highest BCUT2D eigenvalue weighted by molar-refractivity contribution is 8.00. The molecule has 1 rings (SSSR count). The second-order valence-corrected chi connectivity index (χ2v) is 9.23. The molecule has 1 fully saturated rings. The fourth-order valence-corrected chi connectivity index (χ4v) is 3.33. The minimum Gasteiger partial charge on any atom is -0.303 e. The fourth-order valence-electron chi connectivity index (χ4n) is 2.12. The molecule has 1 unspecified atom stereocenters. The van der Waals surface area contributed by atoms with Gasteiger partial charge in [0, 0.05) is 11.5 Å². The molecular weight excluding hydrogens is 218 g/mol. The molecule has 1 atom stereocenters. The highest BCUT2D eigenvalue weighted by atomic mass is 32.2. The van der Waals surface area contributed by atoms with Crippen molar-refractivity contribution in [2.45, 2.75) is 45.3 Å². The lowest BCUT2D eigenvalue weighted by molar-refractivity contribution is 0.198. The molecule has 0 N–H and O–H groups in total. The fraction of sp³-hybridized carbons (Fsp3) is 0.923. The standard InChI is InChI=1S/C13H27NOS/c1-13(2,3)8-11-14-9-6-12(7-10-14)16(4,5)15/h12H,4,6-11H2,1-3,5H3. The zero-order valence-electron chi connectivity index (χ0n) is 11.3. The van der Waals surface area contributed by atoms with E-state index in [2.05, 4.69) is 31.5 Å². The van der Waals surface area contributed by atoms with E-state index >= 15 is 0 Å². The van der Waals surface area contributed by atoms with E-state index in [0.717, 1.165) is 25.9 Å². The smallest absolute Gasteiger partial charge is 0.0293 e. The van der Waals surface area contributed by atoms with E-state index in [1.807, 2.05) is 6.26 Å². The van der Waals surface area contributed by atoms with Crippen LogP contribution in [0.3, 0.4) is 0 Å². The van der Waals surface area contributed by atoms with Crippen LogP contribution in [0.4, 0.5) is 0 Å². The molecule has 0 bridgehead atoms. The third-order valence-electron chi connectivity index (χ3n) is 3.42. The molecule has 1 heterocycles. The molecule has 0 aromatic heterocycles. The van der Waals surface area contributed by atoms with Gasteiger partial charge in [-0.1, -0.05) is 20.8 Å². The Balaban J connectivity index is 2.33. The topological polar surface area (TPSA) is 20.3 Å². The first kappa shape index (κ1) is 14.0. The van der Waals surface area contributed by atoms with Crippen molar-refractivity contribution in [2.75, 3.05) is 25.9 Å². The van der Waals surface area contributed by atoms with E-state index in [4.69, 9.17) is 0 Å². The molecule has 0 saturated carbocycles. The van der Waals surface area contributed by atoms with Crippen molar-refractivity contribution in [3.8, 4) is 0 Å². The summed E-state index contributed by atoms with van der Waals surface area (Å²) in [6, 6.07) is 0. The van der Waals surface area contributed by atoms with E-state index in [-0.39, 0.29) is 0 Å². The summed E-state index contributed by atoms with van der Waals surface area (Å²) in [4.78, 5) is 2.51. The predicted molar refractivity (Wildman–Crippen MR) is 74.7 cm³/mol. The molecule has 0 amide bonds. The predicted octanol–water partition coefficient (Wildman–Crippen LogP) is 2.23. The van der Waals surface area contributed by atoms with Crippen LogP contribution in [0.5, 0.6) is 0 Å². The lowest BCUT2D eigenvalue weighted by atomic mass is 9.92. The molecular formula is C13H27NOS. The Morgan fingerprint density at radius 2 is 1.81 bits per heavy atom. The van der Waals surface area contributed by atoms with Crippen LogP contribution in [0, 0.1) is 5.41 Å². The average molecular weight is 245 g/mol. The SMILES string of the molecule is C=S(C)(=O)C1CCN(CCC(C)(C)C)CC1. The Labute approximate surface area is 101 Å². The van der Waals surface area contributed by atoms with Gasteiger partial charge in [0.25, 0.3) is 0 Å². The number of likely N-dealkylation sites (tertiary alicyclic amines) is 1. The van der Waals surface area contributed by atoms with Crippen molar-refractivity contribution in [1.82, 2.24) is 4.90 Å². The summed E-state index contributed by atoms with van der Waals surface area (Å²) in [5.74, 6) is 3.81. The van der Waals surface area contributed by atoms with Crippen LogP contribution >= 0.6 is 0 Å². The van der Waals surface area contributed by atoms with Gasteiger partial charge in [-0.15, -0.1) is 0 Å². The highest BCUT2D eigenvalue weighted by Gasteiger charge is 2.23. The molecule has 0 aromatic carbocycles. The molecule has 0 spiro atoms. The first-order chi connectivity index (χ1) is 7.18. The molecule has 0 aromatic rings. The summed E-state index contributed by atoms with van der Waals surface area (Å²) in [6.45, 7) is 10.2. The highest BCUT2D eigenvalue weighted by Crippen LogP contribution is 2.22. The van der Waals surface area contributed by atoms with Gasteiger partial charge in [-0.2, -0.15) is 0 Å². The van der Waals surface area contributed by atoms with Crippen LogP contribution in [-0.2, 0) is 9.52 Å². The van der Waals surface area contributed by atoms with Crippen LogP contribution < -0.4 is 0 Å². The van der Waals surface area contributed by atoms with Crippen molar-refractivity contribution < 1.29 is 4.21 Å². The maximum atomic E-state index is 11.8. The molecule has 1 saturated heterocycles. The molecule has 16 heavy (non-hydrogen) atoms. The summed E-state index contributed by atoms with van der Waals surface area (Å²) in [6.07, 6.45) is 5.16. The summed E-state index contributed by atoms with van der Waals surface area (Å²) in [5.41, 5.74) is 0.418. The van der Waals surface area contributed by atoms with E-state index in [1.54, 1.807) is 0 Å². The zero-order valence-corrected chi connectivity index (χ0v) is 12.1. The first-order valence-corrected chi connectivity index (χ1v) is 8.42. The zero-order chi connectivity index (χ0) is 12.4. The molecule has 96 valence electrons. The summed E-state index contributed by atoms with van der Waals surface area (Å²) >= 11 is 0. The number of piperidine rings is 1. The Kier molecular flexibility index (Phi) is 4.47. The van der Waals surface area contributed by atoms with Gasteiger partial charge in [0.05, 0.1) is 0 Å². The largest absolute Gasteiger partial charge is 0.303 e. The second-order valence-electron chi connectivity index (χ2n) is 6.42. The summed E-state index contributed by atoms with van der Waals surface area (Å²) in [7, 11) is -1.82. The van der Waals surface area contributed by atoms with Crippen molar-refractivity contribution in [1.29, 1.82) is 0 Å². The van der Waals surface area contributed by atoms with Crippen LogP contribution in [0.2, 0.25) is 0 Å². The minimum absolute atomic E-state index is 0.346. The summed E-state index contributed by atoms with van der Waals surface area (Å²) in [5, 5.41) is 0.346. The lowest BCUT2D eigenvalue weighted by Crippen LogP contribution is -2.40. The second kappa shape index (κ2) is 5.09. The number of nitrogens with zero attached hydrogens (tertiary/aromatic N) is 1. The Morgan fingerprint density at radius 3 is 2.19 bits per heavy atom. The lowest BCUT2D eigenvalue weighted by Gasteiger charge is -2.34. The molecule has 2 nitrogen and oxygen atoms in total. The first-order valence-electron chi connectivity index (χ1n) is 6.22. The van der Waals surface area contributed by atoms with Crippen LogP contribution in [0.25, 0.3) is 0 Å². The van der Waals surface area contributed by atoms with Gasteiger partial charge in [0.2, 0.25) is 0 Å². The van der Waals surface area contributed by atoms with Gasteiger partial charge in [0.1, 0.15) is 0 Å². The molecule has 1 aliphatic heterocycles. The van der Waals surface area contributed by atoms with E-state index in [1.165, 1.54) is 13.0 Å². The molecule has 0 radical (unpaired) electrons. The van der Waals surface area contributed by atoms with Gasteiger partial charge in [-0.05, 0) is 59.7 Å². The minimum atomic E-state index is -1.82. The number of rotatable bonds is 3. The average Bonchev–Trinajstić information content (AvgIpc) is 2.13. The summed E-state index contributed by atoms with van der Waals surface area (Å²) < 4.78 is 11.8. The Bertz CT molecular complexity index is 305. The van der Waals surface area contributed by atoms with Gasteiger partial charge < -0.3 is 4.90 Å². The van der Waals surface area contributed by atoms with Crippen molar-refractivity contribution in [3.05, 3.63) is 0 Å². The number of hydrogen-bond donors (Lipinski definition) is 0. The van der Waals surface area contributed by atoms with Crippen LogP contribution in [-0.4, -0.2) is 46.1 Å². The molecule has 3 heteroatoms. The van der Waals surface area contributed by atoms with Gasteiger partial charge in [-0.3, -0.25) is 4.21 Å². The molecule has 1 aliphatic rings. The Hall–Kier alpha value is -0.0200. The number of hydrogen-bond acceptors (Lipinski definition) is 2. The van der Waals surface area contributed by atoms with E-state index in [0.29, 0.717) is 10.7 Å². The Morgan fingerprint density at radius 1 is 1.31 bits per heavy atom. The van der Waals surface area contributed by atoms with Gasteiger partial charge >= 0.3 is 0 Å². The van der Waals surface area contributed by atoms with Gasteiger partial charge in [0.15, 0.2) is 0 Å².